The number of non-ortho nitro benzene ring substituents is 1. The molecule has 1 aliphatic rings. The largest absolute Gasteiger partial charge is 0.356 e. The third-order valence-electron chi connectivity index (χ3n) is 5.82. The summed E-state index contributed by atoms with van der Waals surface area (Å²) in [6.07, 6.45) is 0.707. The van der Waals surface area contributed by atoms with Crippen molar-refractivity contribution >= 4 is 34.1 Å². The van der Waals surface area contributed by atoms with Crippen molar-refractivity contribution in [2.24, 2.45) is 0 Å². The van der Waals surface area contributed by atoms with E-state index in [4.69, 9.17) is 11.6 Å². The second-order valence-electron chi connectivity index (χ2n) is 7.54. The number of fused-ring (bicyclic) bond motifs is 3. The summed E-state index contributed by atoms with van der Waals surface area (Å²) in [7, 11) is 0. The number of benzene rings is 3. The van der Waals surface area contributed by atoms with Crippen LogP contribution in [0.1, 0.15) is 33.2 Å². The number of nitrogens with one attached hydrogen (secondary N) is 1. The Balaban J connectivity index is 1.66. The molecule has 0 saturated carbocycles. The Morgan fingerprint density at radius 1 is 1.03 bits per heavy atom. The molecule has 31 heavy (non-hydrogen) atoms. The van der Waals surface area contributed by atoms with E-state index < -0.39 is 11.0 Å². The summed E-state index contributed by atoms with van der Waals surface area (Å²) < 4.78 is 0. The van der Waals surface area contributed by atoms with Crippen LogP contribution in [0.25, 0.3) is 10.9 Å². The lowest BCUT2D eigenvalue weighted by Crippen LogP contribution is -2.40. The first-order chi connectivity index (χ1) is 15.0. The first-order valence-electron chi connectivity index (χ1n) is 9.94. The van der Waals surface area contributed by atoms with Gasteiger partial charge in [0.2, 0.25) is 0 Å². The van der Waals surface area contributed by atoms with Gasteiger partial charge < -0.3 is 9.88 Å². The van der Waals surface area contributed by atoms with E-state index in [0.29, 0.717) is 23.6 Å². The lowest BCUT2D eigenvalue weighted by Gasteiger charge is -2.36. The Labute approximate surface area is 183 Å². The molecular formula is C24H18ClN3O3. The van der Waals surface area contributed by atoms with E-state index in [2.05, 4.69) is 11.1 Å². The summed E-state index contributed by atoms with van der Waals surface area (Å²) in [4.78, 5) is 29.5. The van der Waals surface area contributed by atoms with Gasteiger partial charge in [0.15, 0.2) is 0 Å². The van der Waals surface area contributed by atoms with Crippen LogP contribution in [-0.4, -0.2) is 27.3 Å². The molecule has 0 saturated heterocycles. The number of aromatic nitrogens is 1. The van der Waals surface area contributed by atoms with Crippen molar-refractivity contribution < 1.29 is 9.72 Å². The molecule has 6 nitrogen and oxygen atoms in total. The summed E-state index contributed by atoms with van der Waals surface area (Å²) in [5.74, 6) is -0.168. The Kier molecular flexibility index (Phi) is 4.71. The number of hydrogen-bond donors (Lipinski definition) is 1. The van der Waals surface area contributed by atoms with Gasteiger partial charge in [-0.15, -0.1) is 0 Å². The number of rotatable bonds is 3. The fourth-order valence-electron chi connectivity index (χ4n) is 4.37. The van der Waals surface area contributed by atoms with Crippen LogP contribution in [0.2, 0.25) is 5.02 Å². The topological polar surface area (TPSA) is 79.2 Å². The van der Waals surface area contributed by atoms with E-state index in [9.17, 15) is 14.9 Å². The number of H-pyrrole nitrogens is 1. The van der Waals surface area contributed by atoms with Gasteiger partial charge >= 0.3 is 0 Å². The van der Waals surface area contributed by atoms with Gasteiger partial charge in [-0.3, -0.25) is 14.9 Å². The first kappa shape index (κ1) is 19.3. The minimum atomic E-state index is -0.425. The molecule has 0 radical (unpaired) electrons. The van der Waals surface area contributed by atoms with Crippen molar-refractivity contribution in [3.05, 3.63) is 110 Å². The highest BCUT2D eigenvalue weighted by molar-refractivity contribution is 6.33. The van der Waals surface area contributed by atoms with Gasteiger partial charge in [-0.2, -0.15) is 0 Å². The van der Waals surface area contributed by atoms with Crippen LogP contribution in [-0.2, 0) is 6.42 Å². The van der Waals surface area contributed by atoms with Crippen LogP contribution < -0.4 is 0 Å². The number of carbonyl (C=O) groups excluding carboxylic acids is 1. The number of nitro groups is 1. The van der Waals surface area contributed by atoms with E-state index in [1.807, 2.05) is 18.2 Å². The molecular weight excluding hydrogens is 414 g/mol. The quantitative estimate of drug-likeness (QED) is 0.342. The zero-order chi connectivity index (χ0) is 21.5. The van der Waals surface area contributed by atoms with E-state index >= 15 is 0 Å². The molecule has 3 aromatic carbocycles. The molecule has 7 heteroatoms. The maximum absolute atomic E-state index is 13.5. The first-order valence-corrected chi connectivity index (χ1v) is 10.3. The highest BCUT2D eigenvalue weighted by Crippen LogP contribution is 2.39. The van der Waals surface area contributed by atoms with Crippen LogP contribution in [0.4, 0.5) is 5.69 Å². The molecule has 1 atom stereocenters. The van der Waals surface area contributed by atoms with Crippen LogP contribution in [0, 0.1) is 10.1 Å². The number of nitrogens with zero attached hydrogens (tertiary/aromatic N) is 2. The molecule has 1 unspecified atom stereocenters. The van der Waals surface area contributed by atoms with Gasteiger partial charge in [0, 0.05) is 35.3 Å². The number of amides is 1. The normalized spacial score (nSPS) is 15.6. The molecule has 1 aromatic heterocycles. The highest BCUT2D eigenvalue weighted by Gasteiger charge is 2.35. The Morgan fingerprint density at radius 3 is 2.48 bits per heavy atom. The lowest BCUT2D eigenvalue weighted by atomic mass is 9.91. The minimum absolute atomic E-state index is 0.0143. The Bertz CT molecular complexity index is 1310. The third-order valence-corrected chi connectivity index (χ3v) is 6.15. The molecule has 1 aliphatic heterocycles. The monoisotopic (exact) mass is 431 g/mol. The van der Waals surface area contributed by atoms with Crippen molar-refractivity contribution in [3.8, 4) is 0 Å². The molecule has 1 amide bonds. The van der Waals surface area contributed by atoms with Gasteiger partial charge in [-0.1, -0.05) is 41.9 Å². The Hall–Kier alpha value is -3.64. The predicted octanol–water partition coefficient (Wildman–Crippen LogP) is 5.52. The summed E-state index contributed by atoms with van der Waals surface area (Å²) in [6, 6.07) is 21.0. The molecule has 2 heterocycles. The fraction of sp³-hybridized carbons (Fsp3) is 0.125. The standard InChI is InChI=1S/C24H18ClN3O3/c25-20-7-3-1-6-19(20)24(29)27-14-13-18-17-5-2-4-8-21(17)26-22(18)23(27)15-9-11-16(12-10-15)28(30)31/h1-12,23,26H,13-14H2. The molecule has 0 aliphatic carbocycles. The average Bonchev–Trinajstić information content (AvgIpc) is 3.17. The molecule has 4 aromatic rings. The molecule has 0 fully saturated rings. The van der Waals surface area contributed by atoms with Gasteiger partial charge in [0.1, 0.15) is 0 Å². The SMILES string of the molecule is O=C(c1ccccc1Cl)N1CCc2c([nH]c3ccccc23)C1c1ccc([N+](=O)[O-])cc1. The number of aromatic amines is 1. The number of para-hydroxylation sites is 1. The van der Waals surface area contributed by atoms with Gasteiger partial charge in [-0.25, -0.2) is 0 Å². The second kappa shape index (κ2) is 7.56. The summed E-state index contributed by atoms with van der Waals surface area (Å²) >= 11 is 6.32. The minimum Gasteiger partial charge on any atom is -0.356 e. The lowest BCUT2D eigenvalue weighted by molar-refractivity contribution is -0.384. The maximum Gasteiger partial charge on any atom is 0.269 e. The van der Waals surface area contributed by atoms with Crippen molar-refractivity contribution in [1.82, 2.24) is 9.88 Å². The summed E-state index contributed by atoms with van der Waals surface area (Å²) in [5.41, 5.74) is 4.37. The molecule has 1 N–H and O–H groups in total. The number of nitro benzene ring substituents is 1. The zero-order valence-corrected chi connectivity index (χ0v) is 17.2. The van der Waals surface area contributed by atoms with Crippen LogP contribution in [0.3, 0.4) is 0 Å². The van der Waals surface area contributed by atoms with Gasteiger partial charge in [-0.05, 0) is 47.9 Å². The van der Waals surface area contributed by atoms with E-state index in [-0.39, 0.29) is 11.6 Å². The van der Waals surface area contributed by atoms with Crippen LogP contribution in [0.15, 0.2) is 72.8 Å². The summed E-state index contributed by atoms with van der Waals surface area (Å²) in [6.45, 7) is 0.514. The highest BCUT2D eigenvalue weighted by atomic mass is 35.5. The van der Waals surface area contributed by atoms with Crippen molar-refractivity contribution in [3.63, 3.8) is 0 Å². The zero-order valence-electron chi connectivity index (χ0n) is 16.4. The van der Waals surface area contributed by atoms with Gasteiger partial charge in [0.05, 0.1) is 21.6 Å². The predicted molar refractivity (Wildman–Crippen MR) is 119 cm³/mol. The average molecular weight is 432 g/mol. The van der Waals surface area contributed by atoms with E-state index in [0.717, 1.165) is 22.2 Å². The van der Waals surface area contributed by atoms with E-state index in [1.165, 1.54) is 17.7 Å². The molecule has 0 bridgehead atoms. The smallest absolute Gasteiger partial charge is 0.269 e. The van der Waals surface area contributed by atoms with Crippen molar-refractivity contribution in [1.29, 1.82) is 0 Å². The maximum atomic E-state index is 13.5. The van der Waals surface area contributed by atoms with Crippen molar-refractivity contribution in [2.75, 3.05) is 6.54 Å². The third kappa shape index (κ3) is 3.25. The van der Waals surface area contributed by atoms with E-state index in [1.54, 1.807) is 41.3 Å². The number of hydrogen-bond acceptors (Lipinski definition) is 3. The molecule has 154 valence electrons. The molecule has 5 rings (SSSR count). The summed E-state index contributed by atoms with van der Waals surface area (Å²) in [5, 5.41) is 12.7. The second-order valence-corrected chi connectivity index (χ2v) is 7.95. The number of halogens is 1. The molecule has 0 spiro atoms. The fourth-order valence-corrected chi connectivity index (χ4v) is 4.59. The van der Waals surface area contributed by atoms with Gasteiger partial charge in [0.25, 0.3) is 11.6 Å². The number of carbonyl (C=O) groups is 1. The van der Waals surface area contributed by atoms with Crippen molar-refractivity contribution in [2.45, 2.75) is 12.5 Å². The Morgan fingerprint density at radius 2 is 1.74 bits per heavy atom. The van der Waals surface area contributed by atoms with Crippen LogP contribution in [0.5, 0.6) is 0 Å². The van der Waals surface area contributed by atoms with Crippen LogP contribution >= 0.6 is 11.6 Å².